The van der Waals surface area contributed by atoms with Gasteiger partial charge in [-0.15, -0.1) is 0 Å². The fourth-order valence-corrected chi connectivity index (χ4v) is 2.00. The molecule has 0 bridgehead atoms. The van der Waals surface area contributed by atoms with Crippen LogP contribution in [0.15, 0.2) is 0 Å². The summed E-state index contributed by atoms with van der Waals surface area (Å²) in [6, 6.07) is 0. The molecule has 0 radical (unpaired) electrons. The molecule has 1 fully saturated rings. The van der Waals surface area contributed by atoms with Crippen LogP contribution in [0.2, 0.25) is 0 Å². The van der Waals surface area contributed by atoms with Crippen molar-refractivity contribution in [3.8, 4) is 0 Å². The fraction of sp³-hybridized carbons (Fsp3) is 0.917. The normalized spacial score (nSPS) is 19.5. The number of hydrogen-bond donors (Lipinski definition) is 0. The predicted octanol–water partition coefficient (Wildman–Crippen LogP) is 1.92. The van der Waals surface area contributed by atoms with E-state index in [-0.39, 0.29) is 11.9 Å². The molecule has 0 saturated carbocycles. The van der Waals surface area contributed by atoms with Crippen LogP contribution in [0.25, 0.3) is 0 Å². The predicted molar refractivity (Wildman–Crippen MR) is 60.6 cm³/mol. The van der Waals surface area contributed by atoms with Crippen molar-refractivity contribution in [2.45, 2.75) is 33.1 Å². The Kier molecular flexibility index (Phi) is 5.09. The average Bonchev–Trinajstić information content (AvgIpc) is 2.26. The monoisotopic (exact) mass is 213 g/mol. The molecule has 15 heavy (non-hydrogen) atoms. The number of piperidine rings is 1. The maximum Gasteiger partial charge on any atom is 0.308 e. The number of ether oxygens (including phenoxy) is 1. The standard InChI is InChI=1S/C12H23NO2/c1-10(2)4-7-13-8-5-11(6-9-13)12(14)15-3/h10-11H,4-9H2,1-3H3. The van der Waals surface area contributed by atoms with Gasteiger partial charge in [-0.3, -0.25) is 4.79 Å². The van der Waals surface area contributed by atoms with E-state index < -0.39 is 0 Å². The number of likely N-dealkylation sites (tertiary alicyclic amines) is 1. The third-order valence-electron chi connectivity index (χ3n) is 3.14. The van der Waals surface area contributed by atoms with Crippen LogP contribution in [0.5, 0.6) is 0 Å². The van der Waals surface area contributed by atoms with Crippen molar-refractivity contribution in [3.05, 3.63) is 0 Å². The highest BCUT2D eigenvalue weighted by molar-refractivity contribution is 5.72. The summed E-state index contributed by atoms with van der Waals surface area (Å²) in [6.45, 7) is 7.77. The van der Waals surface area contributed by atoms with E-state index in [0.717, 1.165) is 31.8 Å². The molecular weight excluding hydrogens is 190 g/mol. The first-order valence-corrected chi connectivity index (χ1v) is 5.93. The summed E-state index contributed by atoms with van der Waals surface area (Å²) in [4.78, 5) is 13.8. The Morgan fingerprint density at radius 3 is 2.47 bits per heavy atom. The number of carbonyl (C=O) groups excluding carboxylic acids is 1. The smallest absolute Gasteiger partial charge is 0.308 e. The molecule has 88 valence electrons. The van der Waals surface area contributed by atoms with E-state index >= 15 is 0 Å². The lowest BCUT2D eigenvalue weighted by molar-refractivity contribution is -0.147. The number of hydrogen-bond acceptors (Lipinski definition) is 3. The third kappa shape index (κ3) is 4.20. The lowest BCUT2D eigenvalue weighted by atomic mass is 9.96. The molecule has 1 aliphatic rings. The Morgan fingerprint density at radius 1 is 1.40 bits per heavy atom. The van der Waals surface area contributed by atoms with Crippen molar-refractivity contribution in [1.82, 2.24) is 4.90 Å². The summed E-state index contributed by atoms with van der Waals surface area (Å²) in [5, 5.41) is 0. The van der Waals surface area contributed by atoms with Gasteiger partial charge >= 0.3 is 5.97 Å². The van der Waals surface area contributed by atoms with E-state index in [0.29, 0.717) is 0 Å². The number of methoxy groups -OCH3 is 1. The van der Waals surface area contributed by atoms with Gasteiger partial charge in [0.15, 0.2) is 0 Å². The maximum absolute atomic E-state index is 11.3. The minimum atomic E-state index is -0.0292. The Morgan fingerprint density at radius 2 is 2.00 bits per heavy atom. The molecular formula is C12H23NO2. The number of nitrogens with zero attached hydrogens (tertiary/aromatic N) is 1. The van der Waals surface area contributed by atoms with E-state index in [4.69, 9.17) is 4.74 Å². The van der Waals surface area contributed by atoms with Crippen molar-refractivity contribution >= 4 is 5.97 Å². The minimum Gasteiger partial charge on any atom is -0.469 e. The quantitative estimate of drug-likeness (QED) is 0.668. The van der Waals surface area contributed by atoms with Gasteiger partial charge in [0.25, 0.3) is 0 Å². The molecule has 0 unspecified atom stereocenters. The first-order chi connectivity index (χ1) is 7.13. The highest BCUT2D eigenvalue weighted by Gasteiger charge is 2.25. The van der Waals surface area contributed by atoms with Crippen LogP contribution in [-0.2, 0) is 9.53 Å². The zero-order chi connectivity index (χ0) is 11.3. The number of rotatable bonds is 4. The summed E-state index contributed by atoms with van der Waals surface area (Å²) >= 11 is 0. The minimum absolute atomic E-state index is 0.0292. The second kappa shape index (κ2) is 6.11. The topological polar surface area (TPSA) is 29.5 Å². The van der Waals surface area contributed by atoms with Crippen LogP contribution >= 0.6 is 0 Å². The zero-order valence-electron chi connectivity index (χ0n) is 10.2. The zero-order valence-corrected chi connectivity index (χ0v) is 10.2. The van der Waals surface area contributed by atoms with Gasteiger partial charge in [0.05, 0.1) is 13.0 Å². The molecule has 3 nitrogen and oxygen atoms in total. The molecule has 1 saturated heterocycles. The summed E-state index contributed by atoms with van der Waals surface area (Å²) in [5.41, 5.74) is 0. The van der Waals surface area contributed by atoms with Gasteiger partial charge in [0.2, 0.25) is 0 Å². The van der Waals surface area contributed by atoms with Crippen LogP contribution in [0.1, 0.15) is 33.1 Å². The highest BCUT2D eigenvalue weighted by Crippen LogP contribution is 2.18. The lowest BCUT2D eigenvalue weighted by Gasteiger charge is -2.30. The van der Waals surface area contributed by atoms with Crippen LogP contribution in [0, 0.1) is 11.8 Å². The third-order valence-corrected chi connectivity index (χ3v) is 3.14. The second-order valence-electron chi connectivity index (χ2n) is 4.82. The molecule has 0 atom stereocenters. The van der Waals surface area contributed by atoms with Crippen molar-refractivity contribution in [2.24, 2.45) is 11.8 Å². The summed E-state index contributed by atoms with van der Waals surface area (Å²) in [6.07, 6.45) is 3.18. The van der Waals surface area contributed by atoms with Crippen molar-refractivity contribution in [1.29, 1.82) is 0 Å². The van der Waals surface area contributed by atoms with Gasteiger partial charge in [-0.25, -0.2) is 0 Å². The van der Waals surface area contributed by atoms with E-state index in [1.54, 1.807) is 0 Å². The van der Waals surface area contributed by atoms with Crippen molar-refractivity contribution < 1.29 is 9.53 Å². The van der Waals surface area contributed by atoms with Gasteiger partial charge in [-0.05, 0) is 44.8 Å². The lowest BCUT2D eigenvalue weighted by Crippen LogP contribution is -2.37. The molecule has 0 aliphatic carbocycles. The van der Waals surface area contributed by atoms with Crippen LogP contribution < -0.4 is 0 Å². The molecule has 1 heterocycles. The number of esters is 1. The van der Waals surface area contributed by atoms with E-state index in [1.165, 1.54) is 20.1 Å². The van der Waals surface area contributed by atoms with E-state index in [2.05, 4.69) is 18.7 Å². The molecule has 1 aliphatic heterocycles. The molecule has 3 heteroatoms. The van der Waals surface area contributed by atoms with Crippen molar-refractivity contribution in [2.75, 3.05) is 26.7 Å². The van der Waals surface area contributed by atoms with Gasteiger partial charge in [-0.1, -0.05) is 13.8 Å². The summed E-state index contributed by atoms with van der Waals surface area (Å²) in [7, 11) is 1.48. The molecule has 0 spiro atoms. The fourth-order valence-electron chi connectivity index (χ4n) is 2.00. The molecule has 0 aromatic carbocycles. The largest absolute Gasteiger partial charge is 0.469 e. The maximum atomic E-state index is 11.3. The Bertz CT molecular complexity index is 196. The SMILES string of the molecule is COC(=O)C1CCN(CCC(C)C)CC1. The van der Waals surface area contributed by atoms with Crippen LogP contribution in [0.3, 0.4) is 0 Å². The Balaban J connectivity index is 2.21. The van der Waals surface area contributed by atoms with Crippen LogP contribution in [0.4, 0.5) is 0 Å². The van der Waals surface area contributed by atoms with E-state index in [1.807, 2.05) is 0 Å². The van der Waals surface area contributed by atoms with Gasteiger partial charge in [0.1, 0.15) is 0 Å². The van der Waals surface area contributed by atoms with Crippen molar-refractivity contribution in [3.63, 3.8) is 0 Å². The van der Waals surface area contributed by atoms with Gasteiger partial charge < -0.3 is 9.64 Å². The summed E-state index contributed by atoms with van der Waals surface area (Å²) in [5.74, 6) is 0.882. The average molecular weight is 213 g/mol. The summed E-state index contributed by atoms with van der Waals surface area (Å²) < 4.78 is 4.77. The molecule has 0 N–H and O–H groups in total. The first kappa shape index (κ1) is 12.5. The molecule has 1 rings (SSSR count). The first-order valence-electron chi connectivity index (χ1n) is 5.93. The van der Waals surface area contributed by atoms with Gasteiger partial charge in [-0.2, -0.15) is 0 Å². The molecule has 0 aromatic rings. The van der Waals surface area contributed by atoms with Crippen LogP contribution in [-0.4, -0.2) is 37.6 Å². The van der Waals surface area contributed by atoms with Gasteiger partial charge in [0, 0.05) is 0 Å². The second-order valence-corrected chi connectivity index (χ2v) is 4.82. The Labute approximate surface area is 92.8 Å². The van der Waals surface area contributed by atoms with E-state index in [9.17, 15) is 4.79 Å². The number of carbonyl (C=O) groups is 1. The Hall–Kier alpha value is -0.570. The molecule has 0 amide bonds. The highest BCUT2D eigenvalue weighted by atomic mass is 16.5. The molecule has 0 aromatic heterocycles.